The van der Waals surface area contributed by atoms with Gasteiger partial charge >= 0.3 is 0 Å². The quantitative estimate of drug-likeness (QED) is 0.291. The Morgan fingerprint density at radius 3 is 1.96 bits per heavy atom. The number of amides is 1. The molecule has 0 unspecified atom stereocenters. The van der Waals surface area contributed by atoms with E-state index in [1.54, 1.807) is 6.92 Å². The summed E-state index contributed by atoms with van der Waals surface area (Å²) in [6.45, 7) is 9.44. The molecule has 0 spiro atoms. The smallest absolute Gasteiger partial charge is 0.244 e. The zero-order valence-corrected chi connectivity index (χ0v) is 16.2. The molecule has 0 aromatic heterocycles. The van der Waals surface area contributed by atoms with Gasteiger partial charge in [-0.2, -0.15) is 0 Å². The minimum Gasteiger partial charge on any atom is -0.748 e. The van der Waals surface area contributed by atoms with E-state index in [2.05, 4.69) is 13.8 Å². The van der Waals surface area contributed by atoms with Crippen LogP contribution in [0.25, 0.3) is 0 Å². The Morgan fingerprint density at radius 2 is 1.54 bits per heavy atom. The van der Waals surface area contributed by atoms with E-state index in [1.165, 1.54) is 0 Å². The van der Waals surface area contributed by atoms with Crippen molar-refractivity contribution in [1.82, 2.24) is 0 Å². The Balaban J connectivity index is 5.01. The first-order valence-corrected chi connectivity index (χ1v) is 10.5. The van der Waals surface area contributed by atoms with Crippen molar-refractivity contribution in [2.45, 2.75) is 59.3 Å². The van der Waals surface area contributed by atoms with Gasteiger partial charge in [0.2, 0.25) is 5.91 Å². The maximum Gasteiger partial charge on any atom is 0.244 e. The van der Waals surface area contributed by atoms with Gasteiger partial charge in [-0.05, 0) is 19.8 Å². The molecule has 0 atom stereocenters. The van der Waals surface area contributed by atoms with E-state index >= 15 is 0 Å². The minimum atomic E-state index is -4.17. The Morgan fingerprint density at radius 1 is 1.04 bits per heavy atom. The van der Waals surface area contributed by atoms with Crippen LogP contribution in [0.2, 0.25) is 0 Å². The van der Waals surface area contributed by atoms with E-state index in [1.807, 2.05) is 6.08 Å². The standard InChI is InChI=1S/C17H34N2O4S/c1-4-6-11-19(12-7-5-2,14-9-15-24(21,22)23)13-8-10-16(3)17(18)20/h10H,4-9,11-15H2,1-3H3,(H2-,18,20,21,22,23). The zero-order valence-electron chi connectivity index (χ0n) is 15.4. The van der Waals surface area contributed by atoms with E-state index in [9.17, 15) is 17.8 Å². The summed E-state index contributed by atoms with van der Waals surface area (Å²) < 4.78 is 33.5. The van der Waals surface area contributed by atoms with Crippen LogP contribution in [-0.2, 0) is 14.9 Å². The summed E-state index contributed by atoms with van der Waals surface area (Å²) in [7, 11) is -4.17. The number of hydrogen-bond acceptors (Lipinski definition) is 4. The van der Waals surface area contributed by atoms with Crippen LogP contribution in [0.4, 0.5) is 0 Å². The molecule has 142 valence electrons. The number of carbonyl (C=O) groups excluding carboxylic acids is 1. The lowest BCUT2D eigenvalue weighted by Gasteiger charge is -2.39. The van der Waals surface area contributed by atoms with Gasteiger partial charge in [-0.3, -0.25) is 4.79 Å². The largest absolute Gasteiger partial charge is 0.748 e. The first-order chi connectivity index (χ1) is 11.2. The third-order valence-corrected chi connectivity index (χ3v) is 5.23. The van der Waals surface area contributed by atoms with Crippen molar-refractivity contribution in [3.8, 4) is 0 Å². The van der Waals surface area contributed by atoms with Crippen molar-refractivity contribution in [2.24, 2.45) is 5.73 Å². The van der Waals surface area contributed by atoms with Crippen LogP contribution in [0.5, 0.6) is 0 Å². The molecule has 24 heavy (non-hydrogen) atoms. The second kappa shape index (κ2) is 11.6. The fourth-order valence-electron chi connectivity index (χ4n) is 2.89. The molecule has 0 radical (unpaired) electrons. The molecule has 0 aromatic carbocycles. The lowest BCUT2D eigenvalue weighted by Crippen LogP contribution is -2.51. The molecule has 0 saturated carbocycles. The van der Waals surface area contributed by atoms with Crippen LogP contribution in [-0.4, -0.2) is 55.3 Å². The van der Waals surface area contributed by atoms with Gasteiger partial charge in [-0.15, -0.1) is 0 Å². The molecular weight excluding hydrogens is 328 g/mol. The topological polar surface area (TPSA) is 100 Å². The van der Waals surface area contributed by atoms with E-state index < -0.39 is 16.0 Å². The van der Waals surface area contributed by atoms with Crippen LogP contribution in [0.15, 0.2) is 11.6 Å². The lowest BCUT2D eigenvalue weighted by molar-refractivity contribution is -0.928. The van der Waals surface area contributed by atoms with Crippen LogP contribution in [0.3, 0.4) is 0 Å². The monoisotopic (exact) mass is 362 g/mol. The fraction of sp³-hybridized carbons (Fsp3) is 0.824. The average molecular weight is 363 g/mol. The van der Waals surface area contributed by atoms with Crippen LogP contribution < -0.4 is 5.73 Å². The molecule has 0 saturated heterocycles. The zero-order chi connectivity index (χ0) is 18.6. The third-order valence-electron chi connectivity index (χ3n) is 4.44. The molecule has 0 aliphatic heterocycles. The van der Waals surface area contributed by atoms with Crippen molar-refractivity contribution in [2.75, 3.05) is 31.9 Å². The number of nitrogens with zero attached hydrogens (tertiary/aromatic N) is 1. The van der Waals surface area contributed by atoms with Crippen molar-refractivity contribution >= 4 is 16.0 Å². The number of unbranched alkanes of at least 4 members (excludes halogenated alkanes) is 2. The van der Waals surface area contributed by atoms with Crippen LogP contribution in [0.1, 0.15) is 59.3 Å². The summed E-state index contributed by atoms with van der Waals surface area (Å²) in [5, 5.41) is 0. The predicted octanol–water partition coefficient (Wildman–Crippen LogP) is 2.16. The maximum atomic E-state index is 11.1. The highest BCUT2D eigenvalue weighted by Crippen LogP contribution is 2.16. The number of hydrogen-bond donors (Lipinski definition) is 1. The highest BCUT2D eigenvalue weighted by Gasteiger charge is 2.25. The highest BCUT2D eigenvalue weighted by atomic mass is 32.2. The Hall–Kier alpha value is -0.920. The van der Waals surface area contributed by atoms with Gasteiger partial charge in [0.15, 0.2) is 0 Å². The van der Waals surface area contributed by atoms with Gasteiger partial charge in [0.1, 0.15) is 0 Å². The molecule has 7 heteroatoms. The van der Waals surface area contributed by atoms with Crippen molar-refractivity contribution < 1.29 is 22.2 Å². The van der Waals surface area contributed by atoms with Gasteiger partial charge < -0.3 is 14.8 Å². The molecule has 6 nitrogen and oxygen atoms in total. The Kier molecular flexibility index (Phi) is 11.2. The molecule has 0 bridgehead atoms. The minimum absolute atomic E-state index is 0.304. The molecular formula is C17H34N2O4S. The highest BCUT2D eigenvalue weighted by molar-refractivity contribution is 7.85. The number of rotatable bonds is 14. The fourth-order valence-corrected chi connectivity index (χ4v) is 3.37. The Bertz CT molecular complexity index is 493. The Labute approximate surface area is 147 Å². The van der Waals surface area contributed by atoms with Gasteiger partial charge in [0.25, 0.3) is 0 Å². The summed E-state index contributed by atoms with van der Waals surface area (Å²) in [5.74, 6) is -0.714. The van der Waals surface area contributed by atoms with Gasteiger partial charge in [0, 0.05) is 24.2 Å². The van der Waals surface area contributed by atoms with Gasteiger partial charge in [-0.1, -0.05) is 32.8 Å². The SMILES string of the molecule is CCCC[N+](CCC=C(C)C(N)=O)(CCCC)CCCS(=O)(=O)[O-]. The van der Waals surface area contributed by atoms with E-state index in [-0.39, 0.29) is 5.75 Å². The lowest BCUT2D eigenvalue weighted by atomic mass is 10.1. The van der Waals surface area contributed by atoms with E-state index in [4.69, 9.17) is 5.73 Å². The molecule has 0 fully saturated rings. The first-order valence-electron chi connectivity index (χ1n) is 8.91. The van der Waals surface area contributed by atoms with Crippen molar-refractivity contribution in [3.63, 3.8) is 0 Å². The number of carbonyl (C=O) groups is 1. The van der Waals surface area contributed by atoms with Gasteiger partial charge in [0.05, 0.1) is 36.3 Å². The summed E-state index contributed by atoms with van der Waals surface area (Å²) in [4.78, 5) is 11.1. The summed E-state index contributed by atoms with van der Waals surface area (Å²) >= 11 is 0. The first kappa shape index (κ1) is 23.1. The van der Waals surface area contributed by atoms with Crippen molar-refractivity contribution in [1.29, 1.82) is 0 Å². The number of nitrogens with two attached hydrogens (primary N) is 1. The van der Waals surface area contributed by atoms with Crippen molar-refractivity contribution in [3.05, 3.63) is 11.6 Å². The molecule has 0 aromatic rings. The maximum absolute atomic E-state index is 11.1. The van der Waals surface area contributed by atoms with Crippen LogP contribution in [0, 0.1) is 0 Å². The van der Waals surface area contributed by atoms with E-state index in [0.29, 0.717) is 18.5 Å². The third kappa shape index (κ3) is 10.8. The number of primary amides is 1. The molecule has 1 amide bonds. The predicted molar refractivity (Wildman–Crippen MR) is 96.3 cm³/mol. The normalized spacial score (nSPS) is 13.2. The molecule has 0 aliphatic rings. The van der Waals surface area contributed by atoms with E-state index in [0.717, 1.165) is 56.2 Å². The second-order valence-electron chi connectivity index (χ2n) is 6.60. The number of quaternary nitrogens is 1. The van der Waals surface area contributed by atoms with Crippen LogP contribution >= 0.6 is 0 Å². The molecule has 0 rings (SSSR count). The van der Waals surface area contributed by atoms with Gasteiger partial charge in [-0.25, -0.2) is 8.42 Å². The summed E-state index contributed by atoms with van der Waals surface area (Å²) in [5.41, 5.74) is 5.82. The molecule has 0 aliphatic carbocycles. The summed E-state index contributed by atoms with van der Waals surface area (Å²) in [6, 6.07) is 0. The summed E-state index contributed by atoms with van der Waals surface area (Å²) in [6.07, 6.45) is 7.24. The molecule has 0 heterocycles. The second-order valence-corrected chi connectivity index (χ2v) is 8.12. The molecule has 2 N–H and O–H groups in total. The average Bonchev–Trinajstić information content (AvgIpc) is 2.49.